The molecule has 0 unspecified atom stereocenters. The molecule has 0 fully saturated rings. The summed E-state index contributed by atoms with van der Waals surface area (Å²) >= 11 is 0. The third kappa shape index (κ3) is 3.87. The zero-order chi connectivity index (χ0) is 16.3. The van der Waals surface area contributed by atoms with Crippen molar-refractivity contribution in [2.45, 2.75) is 26.6 Å². The maximum atomic E-state index is 13.1. The zero-order valence-electron chi connectivity index (χ0n) is 12.5. The van der Waals surface area contributed by atoms with E-state index in [0.29, 0.717) is 5.95 Å². The van der Waals surface area contributed by atoms with E-state index in [0.717, 1.165) is 17.5 Å². The first-order valence-corrected chi connectivity index (χ1v) is 6.60. The number of hydrogen-bond acceptors (Lipinski definition) is 4. The van der Waals surface area contributed by atoms with Crippen LogP contribution in [0.25, 0.3) is 0 Å². The number of rotatable bonds is 4. The highest BCUT2D eigenvalue weighted by Crippen LogP contribution is 2.34. The third-order valence-corrected chi connectivity index (χ3v) is 3.04. The van der Waals surface area contributed by atoms with Crippen molar-refractivity contribution in [3.63, 3.8) is 0 Å². The molecule has 0 radical (unpaired) electrons. The van der Waals surface area contributed by atoms with Gasteiger partial charge in [-0.25, -0.2) is 9.97 Å². The van der Waals surface area contributed by atoms with Crippen molar-refractivity contribution in [3.8, 4) is 5.75 Å². The van der Waals surface area contributed by atoms with Gasteiger partial charge in [-0.3, -0.25) is 0 Å². The van der Waals surface area contributed by atoms with E-state index in [1.807, 2.05) is 0 Å². The summed E-state index contributed by atoms with van der Waals surface area (Å²) in [7, 11) is 1.33. The fourth-order valence-electron chi connectivity index (χ4n) is 2.08. The number of benzene rings is 1. The molecule has 22 heavy (non-hydrogen) atoms. The summed E-state index contributed by atoms with van der Waals surface area (Å²) in [4.78, 5) is 8.29. The predicted octanol–water partition coefficient (Wildman–Crippen LogP) is 3.73. The lowest BCUT2D eigenvalue weighted by Crippen LogP contribution is -2.13. The van der Waals surface area contributed by atoms with E-state index in [4.69, 9.17) is 4.74 Å². The smallest absolute Gasteiger partial charge is 0.416 e. The minimum absolute atomic E-state index is 0.0261. The lowest BCUT2D eigenvalue weighted by molar-refractivity contribution is -0.138. The van der Waals surface area contributed by atoms with Crippen LogP contribution >= 0.6 is 0 Å². The summed E-state index contributed by atoms with van der Waals surface area (Å²) in [6.45, 7) is 3.57. The number of alkyl halides is 3. The van der Waals surface area contributed by atoms with E-state index >= 15 is 0 Å². The molecule has 1 aromatic heterocycles. The van der Waals surface area contributed by atoms with Gasteiger partial charge in [-0.15, -0.1) is 0 Å². The van der Waals surface area contributed by atoms with Gasteiger partial charge in [0.05, 0.1) is 12.7 Å². The molecule has 118 valence electrons. The maximum absolute atomic E-state index is 13.1. The molecular weight excluding hydrogens is 295 g/mol. The number of hydrogen-bond donors (Lipinski definition) is 1. The van der Waals surface area contributed by atoms with E-state index in [-0.39, 0.29) is 17.9 Å². The normalized spacial score (nSPS) is 11.4. The van der Waals surface area contributed by atoms with Gasteiger partial charge in [0.25, 0.3) is 0 Å². The second-order valence-corrected chi connectivity index (χ2v) is 4.85. The van der Waals surface area contributed by atoms with Gasteiger partial charge in [-0.1, -0.05) is 6.07 Å². The molecule has 2 rings (SSSR count). The van der Waals surface area contributed by atoms with Crippen molar-refractivity contribution < 1.29 is 17.9 Å². The van der Waals surface area contributed by atoms with E-state index in [1.54, 1.807) is 19.9 Å². The Morgan fingerprint density at radius 1 is 1.09 bits per heavy atom. The number of aryl methyl sites for hydroxylation is 2. The second kappa shape index (κ2) is 6.21. The van der Waals surface area contributed by atoms with Gasteiger partial charge in [0.15, 0.2) is 0 Å². The highest BCUT2D eigenvalue weighted by atomic mass is 19.4. The van der Waals surface area contributed by atoms with Crippen molar-refractivity contribution in [2.75, 3.05) is 12.4 Å². The number of ether oxygens (including phenoxy) is 1. The topological polar surface area (TPSA) is 47.0 Å². The summed E-state index contributed by atoms with van der Waals surface area (Å²) in [5.74, 6) is 0.472. The van der Waals surface area contributed by atoms with Crippen molar-refractivity contribution in [1.29, 1.82) is 0 Å². The van der Waals surface area contributed by atoms with Crippen LogP contribution in [-0.2, 0) is 12.7 Å². The fourth-order valence-corrected chi connectivity index (χ4v) is 2.08. The van der Waals surface area contributed by atoms with Crippen molar-refractivity contribution >= 4 is 5.95 Å². The maximum Gasteiger partial charge on any atom is 0.416 e. The molecule has 4 nitrogen and oxygen atoms in total. The minimum atomic E-state index is -4.45. The summed E-state index contributed by atoms with van der Waals surface area (Å²) in [6, 6.07) is 5.66. The highest BCUT2D eigenvalue weighted by molar-refractivity contribution is 5.40. The summed E-state index contributed by atoms with van der Waals surface area (Å²) in [5.41, 5.74) is 0.876. The molecule has 7 heteroatoms. The Hall–Kier alpha value is -2.31. The molecule has 1 heterocycles. The Balaban J connectivity index is 2.25. The quantitative estimate of drug-likeness (QED) is 0.934. The van der Waals surface area contributed by atoms with Crippen LogP contribution in [0.15, 0.2) is 24.3 Å². The fraction of sp³-hybridized carbons (Fsp3) is 0.333. The molecule has 0 atom stereocenters. The van der Waals surface area contributed by atoms with Gasteiger partial charge in [0, 0.05) is 17.9 Å². The Morgan fingerprint density at radius 2 is 1.73 bits per heavy atom. The van der Waals surface area contributed by atoms with Gasteiger partial charge < -0.3 is 10.1 Å². The molecule has 0 spiro atoms. The molecule has 1 N–H and O–H groups in total. The van der Waals surface area contributed by atoms with Crippen LogP contribution in [0.3, 0.4) is 0 Å². The highest BCUT2D eigenvalue weighted by Gasteiger charge is 2.33. The number of nitrogens with zero attached hydrogens (tertiary/aromatic N) is 2. The molecule has 1 aromatic carbocycles. The van der Waals surface area contributed by atoms with Gasteiger partial charge in [0.1, 0.15) is 5.75 Å². The third-order valence-electron chi connectivity index (χ3n) is 3.04. The minimum Gasteiger partial charge on any atom is -0.497 e. The Kier molecular flexibility index (Phi) is 4.54. The molecule has 2 aromatic rings. The van der Waals surface area contributed by atoms with E-state index < -0.39 is 11.7 Å². The first kappa shape index (κ1) is 16.1. The Labute approximate surface area is 126 Å². The average Bonchev–Trinajstić information content (AvgIpc) is 2.43. The van der Waals surface area contributed by atoms with E-state index in [9.17, 15) is 13.2 Å². The van der Waals surface area contributed by atoms with Gasteiger partial charge >= 0.3 is 6.18 Å². The molecule has 0 aliphatic heterocycles. The van der Waals surface area contributed by atoms with Crippen LogP contribution in [0, 0.1) is 13.8 Å². The molecule has 0 aliphatic carbocycles. The molecular formula is C15H16F3N3O. The predicted molar refractivity (Wildman–Crippen MR) is 76.8 cm³/mol. The summed E-state index contributed by atoms with van der Waals surface area (Å²) in [6.07, 6.45) is -4.45. The number of aromatic nitrogens is 2. The zero-order valence-corrected chi connectivity index (χ0v) is 12.5. The Bertz CT molecular complexity index is 651. The SMILES string of the molecule is COc1ccc(CNc2nc(C)cc(C)n2)c(C(F)(F)F)c1. The van der Waals surface area contributed by atoms with Crippen molar-refractivity contribution in [3.05, 3.63) is 46.8 Å². The first-order valence-electron chi connectivity index (χ1n) is 6.60. The molecule has 0 bridgehead atoms. The van der Waals surface area contributed by atoms with Crippen LogP contribution in [0.4, 0.5) is 19.1 Å². The monoisotopic (exact) mass is 311 g/mol. The molecule has 0 saturated heterocycles. The van der Waals surface area contributed by atoms with E-state index in [1.165, 1.54) is 19.2 Å². The number of anilines is 1. The van der Waals surface area contributed by atoms with Crippen LogP contribution < -0.4 is 10.1 Å². The number of halogens is 3. The molecule has 0 amide bonds. The lowest BCUT2D eigenvalue weighted by Gasteiger charge is -2.15. The van der Waals surface area contributed by atoms with Crippen molar-refractivity contribution in [2.24, 2.45) is 0 Å². The van der Waals surface area contributed by atoms with Gasteiger partial charge in [-0.2, -0.15) is 13.2 Å². The van der Waals surface area contributed by atoms with Gasteiger partial charge in [0.2, 0.25) is 5.95 Å². The van der Waals surface area contributed by atoms with Crippen LogP contribution in [0.2, 0.25) is 0 Å². The van der Waals surface area contributed by atoms with Gasteiger partial charge in [-0.05, 0) is 37.6 Å². The standard InChI is InChI=1S/C15H16F3N3O/c1-9-6-10(2)21-14(20-9)19-8-11-4-5-12(22-3)7-13(11)15(16,17)18/h4-7H,8H2,1-3H3,(H,19,20,21). The first-order chi connectivity index (χ1) is 10.3. The summed E-state index contributed by atoms with van der Waals surface area (Å²) < 4.78 is 44.2. The average molecular weight is 311 g/mol. The molecule has 0 saturated carbocycles. The second-order valence-electron chi connectivity index (χ2n) is 4.85. The number of methoxy groups -OCH3 is 1. The van der Waals surface area contributed by atoms with Crippen LogP contribution in [0.1, 0.15) is 22.5 Å². The Morgan fingerprint density at radius 3 is 2.27 bits per heavy atom. The van der Waals surface area contributed by atoms with Crippen molar-refractivity contribution in [1.82, 2.24) is 9.97 Å². The number of nitrogens with one attached hydrogen (secondary N) is 1. The van der Waals surface area contributed by atoms with E-state index in [2.05, 4.69) is 15.3 Å². The summed E-state index contributed by atoms with van der Waals surface area (Å²) in [5, 5.41) is 2.83. The molecule has 0 aliphatic rings. The lowest BCUT2D eigenvalue weighted by atomic mass is 10.1. The largest absolute Gasteiger partial charge is 0.497 e. The van der Waals surface area contributed by atoms with Crippen LogP contribution in [-0.4, -0.2) is 17.1 Å². The van der Waals surface area contributed by atoms with Crippen LogP contribution in [0.5, 0.6) is 5.75 Å².